The number of nitriles is 1. The number of likely N-dealkylation sites (N-methyl/N-ethyl adjacent to an activating group) is 1. The molecule has 1 amide bonds. The van der Waals surface area contributed by atoms with Gasteiger partial charge in [0.25, 0.3) is 5.91 Å². The smallest absolute Gasteiger partial charge is 0.269 e. The van der Waals surface area contributed by atoms with Gasteiger partial charge in [0.1, 0.15) is 11.8 Å². The summed E-state index contributed by atoms with van der Waals surface area (Å²) in [6.45, 7) is 3.38. The summed E-state index contributed by atoms with van der Waals surface area (Å²) in [7, 11) is 3.90. The molecule has 23 heavy (non-hydrogen) atoms. The average molecular weight is 310 g/mol. The highest BCUT2D eigenvalue weighted by Gasteiger charge is 2.18. The van der Waals surface area contributed by atoms with E-state index in [1.54, 1.807) is 16.8 Å². The zero-order valence-corrected chi connectivity index (χ0v) is 13.8. The minimum Gasteiger partial charge on any atom is -0.349 e. The lowest BCUT2D eigenvalue weighted by atomic mass is 10.1. The average Bonchev–Trinajstić information content (AvgIpc) is 2.98. The van der Waals surface area contributed by atoms with E-state index in [4.69, 9.17) is 0 Å². The Hall–Kier alpha value is -2.58. The highest BCUT2D eigenvalue weighted by Crippen LogP contribution is 2.18. The molecular formula is C18H22N4O. The zero-order valence-electron chi connectivity index (χ0n) is 13.8. The predicted octanol–water partition coefficient (Wildman–Crippen LogP) is 2.20. The number of nitrogens with one attached hydrogen (secondary N) is 1. The minimum absolute atomic E-state index is 0.227. The van der Waals surface area contributed by atoms with Crippen LogP contribution in [0.4, 0.5) is 0 Å². The molecule has 5 heteroatoms. The lowest BCUT2D eigenvalue weighted by Gasteiger charge is -2.13. The second kappa shape index (κ2) is 7.61. The van der Waals surface area contributed by atoms with Gasteiger partial charge < -0.3 is 14.8 Å². The van der Waals surface area contributed by atoms with Crippen molar-refractivity contribution in [2.75, 3.05) is 27.2 Å². The molecule has 0 radical (unpaired) electrons. The number of hydrogen-bond donors (Lipinski definition) is 1. The first kappa shape index (κ1) is 16.8. The van der Waals surface area contributed by atoms with E-state index in [1.807, 2.05) is 37.2 Å². The van der Waals surface area contributed by atoms with Crippen LogP contribution in [0, 0.1) is 11.3 Å². The fraction of sp³-hybridized carbons (Fsp3) is 0.333. The summed E-state index contributed by atoms with van der Waals surface area (Å²) in [4.78, 5) is 14.5. The number of carbonyl (C=O) groups excluding carboxylic acids is 1. The maximum atomic E-state index is 12.5. The monoisotopic (exact) mass is 310 g/mol. The van der Waals surface area contributed by atoms with Crippen LogP contribution in [-0.2, 0) is 6.42 Å². The van der Waals surface area contributed by atoms with Gasteiger partial charge in [0.15, 0.2) is 0 Å². The molecule has 1 N–H and O–H groups in total. The Bertz CT molecular complexity index is 725. The summed E-state index contributed by atoms with van der Waals surface area (Å²) in [5.41, 5.74) is 2.85. The summed E-state index contributed by atoms with van der Waals surface area (Å²) < 4.78 is 1.78. The van der Waals surface area contributed by atoms with Gasteiger partial charge in [0.05, 0.1) is 5.56 Å². The highest BCUT2D eigenvalue weighted by molar-refractivity contribution is 5.95. The van der Waals surface area contributed by atoms with Crippen molar-refractivity contribution in [3.63, 3.8) is 0 Å². The van der Waals surface area contributed by atoms with E-state index in [0.29, 0.717) is 17.8 Å². The van der Waals surface area contributed by atoms with E-state index in [0.717, 1.165) is 18.7 Å². The van der Waals surface area contributed by atoms with Crippen molar-refractivity contribution in [2.45, 2.75) is 13.3 Å². The number of nitrogens with zero attached hydrogens (tertiary/aromatic N) is 3. The number of aryl methyl sites for hydroxylation is 1. The molecule has 120 valence electrons. The second-order valence-corrected chi connectivity index (χ2v) is 5.64. The molecule has 0 aliphatic rings. The third-order valence-corrected chi connectivity index (χ3v) is 3.66. The quantitative estimate of drug-likeness (QED) is 0.890. The fourth-order valence-corrected chi connectivity index (χ4v) is 2.37. The van der Waals surface area contributed by atoms with Gasteiger partial charge in [-0.15, -0.1) is 0 Å². The highest BCUT2D eigenvalue weighted by atomic mass is 16.1. The Morgan fingerprint density at radius 1 is 1.35 bits per heavy atom. The Morgan fingerprint density at radius 2 is 2.13 bits per heavy atom. The maximum absolute atomic E-state index is 12.5. The molecule has 1 heterocycles. The summed E-state index contributed by atoms with van der Waals surface area (Å²) >= 11 is 0. The van der Waals surface area contributed by atoms with Crippen LogP contribution >= 0.6 is 0 Å². The Balaban J connectivity index is 2.33. The first-order valence-corrected chi connectivity index (χ1v) is 7.70. The van der Waals surface area contributed by atoms with Crippen molar-refractivity contribution in [3.05, 3.63) is 53.3 Å². The number of hydrogen-bond acceptors (Lipinski definition) is 3. The van der Waals surface area contributed by atoms with Gasteiger partial charge in [-0.2, -0.15) is 5.26 Å². The van der Waals surface area contributed by atoms with Crippen LogP contribution in [0.5, 0.6) is 0 Å². The minimum atomic E-state index is -0.227. The number of benzene rings is 1. The van der Waals surface area contributed by atoms with Crippen molar-refractivity contribution in [1.29, 1.82) is 5.26 Å². The zero-order chi connectivity index (χ0) is 16.8. The lowest BCUT2D eigenvalue weighted by molar-refractivity contribution is 0.0944. The van der Waals surface area contributed by atoms with E-state index in [2.05, 4.69) is 24.4 Å². The normalized spacial score (nSPS) is 10.6. The van der Waals surface area contributed by atoms with E-state index in [9.17, 15) is 10.1 Å². The maximum Gasteiger partial charge on any atom is 0.269 e. The number of carbonyl (C=O) groups is 1. The molecule has 0 aliphatic carbocycles. The Morgan fingerprint density at radius 3 is 2.78 bits per heavy atom. The van der Waals surface area contributed by atoms with E-state index in [-0.39, 0.29) is 5.91 Å². The van der Waals surface area contributed by atoms with Crippen LogP contribution in [0.15, 0.2) is 36.5 Å². The molecule has 0 fully saturated rings. The molecule has 5 nitrogen and oxygen atoms in total. The van der Waals surface area contributed by atoms with Crippen LogP contribution in [0.3, 0.4) is 0 Å². The van der Waals surface area contributed by atoms with E-state index < -0.39 is 0 Å². The summed E-state index contributed by atoms with van der Waals surface area (Å²) in [5, 5.41) is 12.2. The van der Waals surface area contributed by atoms with Gasteiger partial charge in [0, 0.05) is 25.0 Å². The van der Waals surface area contributed by atoms with Crippen molar-refractivity contribution >= 4 is 5.91 Å². The van der Waals surface area contributed by atoms with Gasteiger partial charge >= 0.3 is 0 Å². The molecule has 0 bridgehead atoms. The second-order valence-electron chi connectivity index (χ2n) is 5.64. The third-order valence-electron chi connectivity index (χ3n) is 3.66. The van der Waals surface area contributed by atoms with E-state index in [1.165, 1.54) is 5.56 Å². The fourth-order valence-electron chi connectivity index (χ4n) is 2.37. The molecule has 0 spiro atoms. The first-order chi connectivity index (χ1) is 11.1. The van der Waals surface area contributed by atoms with Crippen LogP contribution in [0.2, 0.25) is 0 Å². The first-order valence-electron chi connectivity index (χ1n) is 7.70. The summed E-state index contributed by atoms with van der Waals surface area (Å²) in [6.07, 6.45) is 2.69. The molecule has 0 unspecified atom stereocenters. The molecular weight excluding hydrogens is 288 g/mol. The number of aromatic nitrogens is 1. The van der Waals surface area contributed by atoms with E-state index >= 15 is 0 Å². The van der Waals surface area contributed by atoms with Gasteiger partial charge in [0.2, 0.25) is 0 Å². The van der Waals surface area contributed by atoms with Gasteiger partial charge in [-0.3, -0.25) is 4.79 Å². The third kappa shape index (κ3) is 3.99. The lowest BCUT2D eigenvalue weighted by Crippen LogP contribution is -2.32. The van der Waals surface area contributed by atoms with Crippen LogP contribution in [0.1, 0.15) is 28.5 Å². The standard InChI is InChI=1S/C18H22N4O/c1-4-14-6-5-7-16(12-14)22-10-8-15(13-19)17(22)18(23)20-9-11-21(2)3/h5-8,10,12H,4,9,11H2,1-3H3,(H,20,23). The molecule has 2 rings (SSSR count). The Labute approximate surface area is 137 Å². The number of rotatable bonds is 6. The van der Waals surface area contributed by atoms with Crippen molar-refractivity contribution in [2.24, 2.45) is 0 Å². The predicted molar refractivity (Wildman–Crippen MR) is 90.7 cm³/mol. The molecule has 0 saturated heterocycles. The summed E-state index contributed by atoms with van der Waals surface area (Å²) in [5.74, 6) is -0.227. The van der Waals surface area contributed by atoms with Crippen molar-refractivity contribution < 1.29 is 4.79 Å². The van der Waals surface area contributed by atoms with Crippen LogP contribution in [0.25, 0.3) is 5.69 Å². The summed E-state index contributed by atoms with van der Waals surface area (Å²) in [6, 6.07) is 11.8. The molecule has 0 saturated carbocycles. The van der Waals surface area contributed by atoms with Gasteiger partial charge in [-0.25, -0.2) is 0 Å². The van der Waals surface area contributed by atoms with Gasteiger partial charge in [-0.05, 0) is 44.3 Å². The Kier molecular flexibility index (Phi) is 5.56. The molecule has 1 aromatic heterocycles. The SMILES string of the molecule is CCc1cccc(-n2ccc(C#N)c2C(=O)NCCN(C)C)c1. The van der Waals surface area contributed by atoms with Crippen molar-refractivity contribution in [3.8, 4) is 11.8 Å². The number of amides is 1. The molecule has 2 aromatic rings. The molecule has 0 atom stereocenters. The van der Waals surface area contributed by atoms with Crippen LogP contribution in [-0.4, -0.2) is 42.6 Å². The van der Waals surface area contributed by atoms with Gasteiger partial charge in [-0.1, -0.05) is 19.1 Å². The molecule has 1 aromatic carbocycles. The van der Waals surface area contributed by atoms with Crippen molar-refractivity contribution in [1.82, 2.24) is 14.8 Å². The van der Waals surface area contributed by atoms with Crippen LogP contribution < -0.4 is 5.32 Å². The topological polar surface area (TPSA) is 61.1 Å². The molecule has 0 aliphatic heterocycles. The largest absolute Gasteiger partial charge is 0.349 e.